The van der Waals surface area contributed by atoms with Crippen LogP contribution in [-0.2, 0) is 12.8 Å². The van der Waals surface area contributed by atoms with E-state index in [1.165, 1.54) is 5.56 Å². The van der Waals surface area contributed by atoms with E-state index in [-0.39, 0.29) is 25.6 Å². The van der Waals surface area contributed by atoms with Gasteiger partial charge in [0.05, 0.1) is 18.8 Å². The summed E-state index contributed by atoms with van der Waals surface area (Å²) in [4.78, 5) is 4.59. The fourth-order valence-electron chi connectivity index (χ4n) is 2.87. The van der Waals surface area contributed by atoms with Crippen LogP contribution < -0.4 is 5.73 Å². The summed E-state index contributed by atoms with van der Waals surface area (Å²) in [5, 5.41) is 18.6. The summed E-state index contributed by atoms with van der Waals surface area (Å²) < 4.78 is 5.65. The van der Waals surface area contributed by atoms with Gasteiger partial charge in [-0.05, 0) is 42.5 Å². The number of hydrogen-bond acceptors (Lipinski definition) is 5. The normalized spacial score (nSPS) is 11.3. The summed E-state index contributed by atoms with van der Waals surface area (Å²) >= 11 is 0. The van der Waals surface area contributed by atoms with Crippen LogP contribution in [0.3, 0.4) is 0 Å². The highest BCUT2D eigenvalue weighted by Gasteiger charge is 2.22. The number of benzene rings is 2. The molecule has 0 saturated heterocycles. The number of aliphatic hydroxyl groups is 2. The minimum Gasteiger partial charge on any atom is -0.444 e. The van der Waals surface area contributed by atoms with Crippen LogP contribution in [-0.4, -0.2) is 33.9 Å². The van der Waals surface area contributed by atoms with Gasteiger partial charge in [-0.25, -0.2) is 4.98 Å². The number of oxazole rings is 1. The van der Waals surface area contributed by atoms with Crippen LogP contribution in [0.25, 0.3) is 22.7 Å². The molecule has 5 nitrogen and oxygen atoms in total. The maximum absolute atomic E-state index is 9.28. The number of nitrogens with two attached hydrogens (primary N) is 1. The molecular weight excluding hydrogens is 376 g/mol. The van der Waals surface area contributed by atoms with Gasteiger partial charge < -0.3 is 20.4 Å². The van der Waals surface area contributed by atoms with Crippen molar-refractivity contribution in [2.45, 2.75) is 31.7 Å². The van der Waals surface area contributed by atoms with Gasteiger partial charge in [0.15, 0.2) is 0 Å². The predicted octanol–water partition coefficient (Wildman–Crippen LogP) is 3.61. The largest absolute Gasteiger partial charge is 0.444 e. The lowest BCUT2D eigenvalue weighted by molar-refractivity contribution is 0.115. The number of rotatable bonds is 8. The first-order valence-electron chi connectivity index (χ1n) is 9.21. The monoisotopic (exact) mass is 402 g/mol. The Morgan fingerprint density at radius 1 is 0.929 bits per heavy atom. The van der Waals surface area contributed by atoms with E-state index in [1.54, 1.807) is 6.26 Å². The van der Waals surface area contributed by atoms with Crippen molar-refractivity contribution in [1.82, 2.24) is 4.98 Å². The molecule has 150 valence electrons. The minimum atomic E-state index is -0.937. The van der Waals surface area contributed by atoms with Crippen molar-refractivity contribution in [3.05, 3.63) is 65.9 Å². The summed E-state index contributed by atoms with van der Waals surface area (Å²) in [6.45, 7) is 1.66. The Balaban J connectivity index is 0.00000280. The van der Waals surface area contributed by atoms with Crippen molar-refractivity contribution in [1.29, 1.82) is 0 Å². The summed E-state index contributed by atoms with van der Waals surface area (Å²) in [7, 11) is 0. The molecule has 0 atom stereocenters. The van der Waals surface area contributed by atoms with Crippen LogP contribution in [0.1, 0.15) is 24.5 Å². The zero-order valence-corrected chi connectivity index (χ0v) is 16.8. The molecule has 0 unspecified atom stereocenters. The third kappa shape index (κ3) is 5.20. The van der Waals surface area contributed by atoms with Crippen molar-refractivity contribution < 1.29 is 14.6 Å². The molecule has 1 heterocycles. The highest BCUT2D eigenvalue weighted by molar-refractivity contribution is 5.85. The van der Waals surface area contributed by atoms with Crippen LogP contribution in [0.2, 0.25) is 0 Å². The molecule has 2 aromatic carbocycles. The zero-order valence-electron chi connectivity index (χ0n) is 16.0. The molecule has 0 spiro atoms. The molecule has 0 radical (unpaired) electrons. The second kappa shape index (κ2) is 9.85. The standard InChI is InChI=1S/C22H26N2O3.ClH/c1-2-16-3-9-19(10-4-16)21-24-20(13-27-21)18-7-5-17(6-8-18)11-12-22(23,14-25)15-26;/h3-10,13,25-26H,2,11-12,14-15,23H2,1H3;1H. The maximum atomic E-state index is 9.28. The topological polar surface area (TPSA) is 92.5 Å². The smallest absolute Gasteiger partial charge is 0.226 e. The van der Waals surface area contributed by atoms with E-state index in [9.17, 15) is 10.2 Å². The van der Waals surface area contributed by atoms with Crippen LogP contribution in [0, 0.1) is 0 Å². The average molecular weight is 403 g/mol. The van der Waals surface area contributed by atoms with E-state index < -0.39 is 5.54 Å². The molecule has 0 bridgehead atoms. The number of aliphatic hydroxyl groups excluding tert-OH is 2. The van der Waals surface area contributed by atoms with Gasteiger partial charge in [-0.15, -0.1) is 12.4 Å². The lowest BCUT2D eigenvalue weighted by atomic mass is 9.93. The quantitative estimate of drug-likeness (QED) is 0.535. The van der Waals surface area contributed by atoms with Crippen molar-refractivity contribution in [3.8, 4) is 22.7 Å². The number of nitrogens with zero attached hydrogens (tertiary/aromatic N) is 1. The van der Waals surface area contributed by atoms with E-state index in [0.29, 0.717) is 18.7 Å². The molecule has 3 rings (SSSR count). The second-order valence-electron chi connectivity index (χ2n) is 6.96. The molecule has 0 aliphatic heterocycles. The summed E-state index contributed by atoms with van der Waals surface area (Å²) in [5.41, 5.74) is 10.1. The number of aryl methyl sites for hydroxylation is 2. The predicted molar refractivity (Wildman–Crippen MR) is 113 cm³/mol. The van der Waals surface area contributed by atoms with Crippen LogP contribution >= 0.6 is 12.4 Å². The minimum absolute atomic E-state index is 0. The van der Waals surface area contributed by atoms with Crippen LogP contribution in [0.4, 0.5) is 0 Å². The molecule has 28 heavy (non-hydrogen) atoms. The fraction of sp³-hybridized carbons (Fsp3) is 0.318. The highest BCUT2D eigenvalue weighted by Crippen LogP contribution is 2.25. The van der Waals surface area contributed by atoms with E-state index in [4.69, 9.17) is 10.2 Å². The van der Waals surface area contributed by atoms with Gasteiger partial charge in [-0.1, -0.05) is 43.3 Å². The molecular formula is C22H27ClN2O3. The Morgan fingerprint density at radius 3 is 2.07 bits per heavy atom. The molecule has 3 aromatic rings. The molecule has 6 heteroatoms. The van der Waals surface area contributed by atoms with Crippen molar-refractivity contribution >= 4 is 12.4 Å². The maximum Gasteiger partial charge on any atom is 0.226 e. The summed E-state index contributed by atoms with van der Waals surface area (Å²) in [5.74, 6) is 0.607. The Bertz CT molecular complexity index is 856. The Morgan fingerprint density at radius 2 is 1.50 bits per heavy atom. The average Bonchev–Trinajstić information content (AvgIpc) is 3.22. The lowest BCUT2D eigenvalue weighted by Gasteiger charge is -2.24. The molecule has 0 aliphatic rings. The van der Waals surface area contributed by atoms with Gasteiger partial charge >= 0.3 is 0 Å². The van der Waals surface area contributed by atoms with Gasteiger partial charge in [-0.3, -0.25) is 0 Å². The number of aromatic nitrogens is 1. The summed E-state index contributed by atoms with van der Waals surface area (Å²) in [6, 6.07) is 16.2. The van der Waals surface area contributed by atoms with Gasteiger partial charge in [0.25, 0.3) is 0 Å². The SMILES string of the molecule is CCc1ccc(-c2nc(-c3ccc(CCC(N)(CO)CO)cc3)co2)cc1.Cl. The van der Waals surface area contributed by atoms with E-state index in [2.05, 4.69) is 24.0 Å². The molecule has 0 saturated carbocycles. The first-order valence-corrected chi connectivity index (χ1v) is 9.21. The van der Waals surface area contributed by atoms with Crippen LogP contribution in [0.15, 0.2) is 59.2 Å². The second-order valence-corrected chi connectivity index (χ2v) is 6.96. The van der Waals surface area contributed by atoms with Gasteiger partial charge in [0, 0.05) is 11.1 Å². The molecule has 4 N–H and O–H groups in total. The lowest BCUT2D eigenvalue weighted by Crippen LogP contribution is -2.47. The van der Waals surface area contributed by atoms with E-state index in [1.807, 2.05) is 36.4 Å². The van der Waals surface area contributed by atoms with Crippen LogP contribution in [0.5, 0.6) is 0 Å². The highest BCUT2D eigenvalue weighted by atomic mass is 35.5. The third-order valence-corrected chi connectivity index (χ3v) is 4.90. The zero-order chi connectivity index (χ0) is 19.3. The van der Waals surface area contributed by atoms with Gasteiger partial charge in [0.2, 0.25) is 5.89 Å². The molecule has 0 aliphatic carbocycles. The Labute approximate surface area is 171 Å². The van der Waals surface area contributed by atoms with Crippen molar-refractivity contribution in [2.75, 3.05) is 13.2 Å². The molecule has 1 aromatic heterocycles. The van der Waals surface area contributed by atoms with Gasteiger partial charge in [-0.2, -0.15) is 0 Å². The molecule has 0 fully saturated rings. The molecule has 0 amide bonds. The summed E-state index contributed by atoms with van der Waals surface area (Å²) in [6.07, 6.45) is 3.87. The van der Waals surface area contributed by atoms with Crippen molar-refractivity contribution in [3.63, 3.8) is 0 Å². The van der Waals surface area contributed by atoms with Gasteiger partial charge in [0.1, 0.15) is 12.0 Å². The first-order chi connectivity index (χ1) is 13.1. The Hall–Kier alpha value is -2.18. The first kappa shape index (κ1) is 22.1. The number of hydrogen-bond donors (Lipinski definition) is 3. The van der Waals surface area contributed by atoms with E-state index >= 15 is 0 Å². The number of halogens is 1. The fourth-order valence-corrected chi connectivity index (χ4v) is 2.87. The van der Waals surface area contributed by atoms with E-state index in [0.717, 1.165) is 28.8 Å². The van der Waals surface area contributed by atoms with Crippen molar-refractivity contribution in [2.24, 2.45) is 5.73 Å². The Kier molecular flexibility index (Phi) is 7.78. The third-order valence-electron chi connectivity index (χ3n) is 4.90.